The number of aromatic nitrogens is 3. The van der Waals surface area contributed by atoms with Crippen molar-refractivity contribution < 1.29 is 0 Å². The summed E-state index contributed by atoms with van der Waals surface area (Å²) in [5, 5.41) is 4.42. The van der Waals surface area contributed by atoms with Crippen LogP contribution in [-0.4, -0.2) is 15.0 Å². The van der Waals surface area contributed by atoms with Gasteiger partial charge in [0.1, 0.15) is 12.1 Å². The molecular formula is C20H15IN4. The number of rotatable bonds is 4. The average Bonchev–Trinajstić information content (AvgIpc) is 2.65. The minimum absolute atomic E-state index is 0.824. The van der Waals surface area contributed by atoms with Crippen molar-refractivity contribution in [3.63, 3.8) is 0 Å². The molecule has 0 saturated carbocycles. The quantitative estimate of drug-likeness (QED) is 0.458. The minimum atomic E-state index is 0.824. The van der Waals surface area contributed by atoms with E-state index in [4.69, 9.17) is 0 Å². The Balaban J connectivity index is 1.56. The summed E-state index contributed by atoms with van der Waals surface area (Å²) in [5.41, 5.74) is 4.47. The van der Waals surface area contributed by atoms with Gasteiger partial charge in [0.25, 0.3) is 0 Å². The molecule has 0 amide bonds. The number of fused-ring (bicyclic) bond motifs is 1. The maximum absolute atomic E-state index is 4.40. The van der Waals surface area contributed by atoms with Crippen LogP contribution in [0.5, 0.6) is 0 Å². The Morgan fingerprint density at radius 1 is 0.840 bits per heavy atom. The fraction of sp³-hybridized carbons (Fsp3) is 0.0500. The molecular weight excluding hydrogens is 423 g/mol. The number of anilines is 2. The number of pyridine rings is 1. The molecule has 122 valence electrons. The van der Waals surface area contributed by atoms with Crippen molar-refractivity contribution >= 4 is 45.0 Å². The highest BCUT2D eigenvalue weighted by atomic mass is 127. The lowest BCUT2D eigenvalue weighted by Crippen LogP contribution is -1.97. The zero-order valence-corrected chi connectivity index (χ0v) is 15.5. The standard InChI is InChI=1S/C20H15IN4/c21-16-3-6-19-18(12-16)20(24-13-23-19)25-17-4-1-14(2-5-17)11-15-7-9-22-10-8-15/h1-10,12-13H,11H2,(H,23,24,25). The van der Waals surface area contributed by atoms with E-state index in [1.54, 1.807) is 6.33 Å². The molecule has 0 bridgehead atoms. The van der Waals surface area contributed by atoms with Gasteiger partial charge < -0.3 is 5.32 Å². The van der Waals surface area contributed by atoms with E-state index >= 15 is 0 Å². The molecule has 0 fully saturated rings. The Kier molecular flexibility index (Phi) is 4.56. The van der Waals surface area contributed by atoms with Crippen molar-refractivity contribution in [2.75, 3.05) is 5.32 Å². The van der Waals surface area contributed by atoms with Gasteiger partial charge in [-0.25, -0.2) is 9.97 Å². The van der Waals surface area contributed by atoms with Gasteiger partial charge in [-0.2, -0.15) is 0 Å². The Morgan fingerprint density at radius 3 is 2.40 bits per heavy atom. The van der Waals surface area contributed by atoms with E-state index in [0.717, 1.165) is 32.4 Å². The van der Waals surface area contributed by atoms with Gasteiger partial charge in [-0.15, -0.1) is 0 Å². The molecule has 2 aromatic heterocycles. The molecule has 0 aliphatic heterocycles. The van der Waals surface area contributed by atoms with Gasteiger partial charge in [-0.05, 0) is 82.6 Å². The van der Waals surface area contributed by atoms with Crippen LogP contribution in [0.2, 0.25) is 0 Å². The SMILES string of the molecule is Ic1ccc2ncnc(Nc3ccc(Cc4ccncc4)cc3)c2c1. The number of nitrogens with one attached hydrogen (secondary N) is 1. The third-order valence-corrected chi connectivity index (χ3v) is 4.64. The van der Waals surface area contributed by atoms with Crippen LogP contribution in [0.25, 0.3) is 10.9 Å². The second-order valence-corrected chi connectivity index (χ2v) is 6.98. The maximum Gasteiger partial charge on any atom is 0.141 e. The van der Waals surface area contributed by atoms with Crippen molar-refractivity contribution in [1.29, 1.82) is 0 Å². The molecule has 0 aliphatic rings. The molecule has 0 saturated heterocycles. The lowest BCUT2D eigenvalue weighted by atomic mass is 10.1. The fourth-order valence-corrected chi connectivity index (χ4v) is 3.20. The van der Waals surface area contributed by atoms with Crippen LogP contribution in [0.1, 0.15) is 11.1 Å². The number of benzene rings is 2. The van der Waals surface area contributed by atoms with E-state index in [1.165, 1.54) is 11.1 Å². The zero-order valence-electron chi connectivity index (χ0n) is 13.4. The first-order valence-electron chi connectivity index (χ1n) is 7.93. The lowest BCUT2D eigenvalue weighted by Gasteiger charge is -2.09. The number of hydrogen-bond acceptors (Lipinski definition) is 4. The van der Waals surface area contributed by atoms with Gasteiger partial charge >= 0.3 is 0 Å². The number of halogens is 1. The Hall–Kier alpha value is -2.54. The summed E-state index contributed by atoms with van der Waals surface area (Å²) in [6, 6.07) is 18.7. The number of hydrogen-bond donors (Lipinski definition) is 1. The van der Waals surface area contributed by atoms with Gasteiger partial charge in [0.15, 0.2) is 0 Å². The first-order chi connectivity index (χ1) is 12.3. The van der Waals surface area contributed by atoms with Crippen LogP contribution in [-0.2, 0) is 6.42 Å². The molecule has 1 N–H and O–H groups in total. The third-order valence-electron chi connectivity index (χ3n) is 3.97. The molecule has 4 nitrogen and oxygen atoms in total. The molecule has 25 heavy (non-hydrogen) atoms. The third kappa shape index (κ3) is 3.76. The fourth-order valence-electron chi connectivity index (χ4n) is 2.71. The highest BCUT2D eigenvalue weighted by Gasteiger charge is 2.05. The molecule has 4 aromatic rings. The largest absolute Gasteiger partial charge is 0.340 e. The molecule has 0 aliphatic carbocycles. The summed E-state index contributed by atoms with van der Waals surface area (Å²) in [4.78, 5) is 12.8. The second kappa shape index (κ2) is 7.14. The van der Waals surface area contributed by atoms with E-state index in [9.17, 15) is 0 Å². The van der Waals surface area contributed by atoms with Gasteiger partial charge in [-0.3, -0.25) is 4.98 Å². The number of nitrogens with zero attached hydrogens (tertiary/aromatic N) is 3. The van der Waals surface area contributed by atoms with Gasteiger partial charge in [0.05, 0.1) is 5.52 Å². The van der Waals surface area contributed by atoms with Crippen molar-refractivity contribution in [3.05, 3.63) is 88.0 Å². The summed E-state index contributed by atoms with van der Waals surface area (Å²) < 4.78 is 1.16. The van der Waals surface area contributed by atoms with Crippen LogP contribution >= 0.6 is 22.6 Å². The predicted molar refractivity (Wildman–Crippen MR) is 109 cm³/mol. The van der Waals surface area contributed by atoms with Gasteiger partial charge in [-0.1, -0.05) is 12.1 Å². The van der Waals surface area contributed by atoms with Crippen molar-refractivity contribution in [2.24, 2.45) is 0 Å². The van der Waals surface area contributed by atoms with Crippen LogP contribution in [0.15, 0.2) is 73.3 Å². The predicted octanol–water partition coefficient (Wildman–Crippen LogP) is 4.96. The highest BCUT2D eigenvalue weighted by Crippen LogP contribution is 2.25. The van der Waals surface area contributed by atoms with Gasteiger partial charge in [0.2, 0.25) is 0 Å². The van der Waals surface area contributed by atoms with E-state index in [-0.39, 0.29) is 0 Å². The smallest absolute Gasteiger partial charge is 0.141 e. The van der Waals surface area contributed by atoms with Crippen LogP contribution in [0.4, 0.5) is 11.5 Å². The molecule has 2 aromatic carbocycles. The monoisotopic (exact) mass is 438 g/mol. The minimum Gasteiger partial charge on any atom is -0.340 e. The highest BCUT2D eigenvalue weighted by molar-refractivity contribution is 14.1. The van der Waals surface area contributed by atoms with Crippen LogP contribution in [0.3, 0.4) is 0 Å². The van der Waals surface area contributed by atoms with E-state index in [2.05, 4.69) is 73.2 Å². The van der Waals surface area contributed by atoms with Crippen molar-refractivity contribution in [1.82, 2.24) is 15.0 Å². The Morgan fingerprint density at radius 2 is 1.60 bits per heavy atom. The van der Waals surface area contributed by atoms with Gasteiger partial charge in [0, 0.05) is 27.0 Å². The zero-order chi connectivity index (χ0) is 17.1. The van der Waals surface area contributed by atoms with Crippen LogP contribution < -0.4 is 5.32 Å². The molecule has 0 radical (unpaired) electrons. The van der Waals surface area contributed by atoms with Crippen molar-refractivity contribution in [3.8, 4) is 0 Å². The Bertz CT molecular complexity index is 1000. The molecule has 5 heteroatoms. The molecule has 2 heterocycles. The van der Waals surface area contributed by atoms with E-state index in [1.807, 2.05) is 36.7 Å². The topological polar surface area (TPSA) is 50.7 Å². The molecule has 4 rings (SSSR count). The van der Waals surface area contributed by atoms with E-state index < -0.39 is 0 Å². The summed E-state index contributed by atoms with van der Waals surface area (Å²) in [5.74, 6) is 0.824. The summed E-state index contributed by atoms with van der Waals surface area (Å²) >= 11 is 2.30. The summed E-state index contributed by atoms with van der Waals surface area (Å²) in [6.07, 6.45) is 6.15. The lowest BCUT2D eigenvalue weighted by molar-refractivity contribution is 1.16. The normalized spacial score (nSPS) is 10.8. The Labute approximate surface area is 159 Å². The summed E-state index contributed by atoms with van der Waals surface area (Å²) in [6.45, 7) is 0. The van der Waals surface area contributed by atoms with E-state index in [0.29, 0.717) is 0 Å². The first-order valence-corrected chi connectivity index (χ1v) is 9.01. The molecule has 0 spiro atoms. The maximum atomic E-state index is 4.40. The molecule has 0 unspecified atom stereocenters. The summed E-state index contributed by atoms with van der Waals surface area (Å²) in [7, 11) is 0. The van der Waals surface area contributed by atoms with Crippen molar-refractivity contribution in [2.45, 2.75) is 6.42 Å². The first kappa shape index (κ1) is 16.0. The average molecular weight is 438 g/mol. The van der Waals surface area contributed by atoms with Crippen LogP contribution in [0, 0.1) is 3.57 Å². The second-order valence-electron chi connectivity index (χ2n) is 5.74. The molecule has 0 atom stereocenters.